The minimum Gasteiger partial charge on any atom is -0.352 e. The highest BCUT2D eigenvalue weighted by molar-refractivity contribution is 4.73. The molecule has 1 aliphatic heterocycles. The second kappa shape index (κ2) is 6.61. The molecule has 16 heavy (non-hydrogen) atoms. The lowest BCUT2D eigenvalue weighted by molar-refractivity contribution is -0.253. The molecule has 2 atom stereocenters. The van der Waals surface area contributed by atoms with Gasteiger partial charge in [-0.05, 0) is 12.8 Å². The second-order valence-electron chi connectivity index (χ2n) is 5.96. The molecular weight excluding hydrogens is 200 g/mol. The van der Waals surface area contributed by atoms with E-state index in [0.29, 0.717) is 6.10 Å². The second-order valence-corrected chi connectivity index (χ2v) is 5.96. The van der Waals surface area contributed by atoms with Crippen molar-refractivity contribution in [2.45, 2.75) is 78.6 Å². The Morgan fingerprint density at radius 1 is 1.12 bits per heavy atom. The quantitative estimate of drug-likeness (QED) is 0.659. The lowest BCUT2D eigenvalue weighted by Gasteiger charge is -2.37. The van der Waals surface area contributed by atoms with Crippen LogP contribution in [0, 0.1) is 5.41 Å². The minimum absolute atomic E-state index is 0.0163. The van der Waals surface area contributed by atoms with Crippen molar-refractivity contribution in [1.29, 1.82) is 0 Å². The summed E-state index contributed by atoms with van der Waals surface area (Å²) in [6, 6.07) is 0. The van der Waals surface area contributed by atoms with Gasteiger partial charge in [-0.15, -0.1) is 0 Å². The summed E-state index contributed by atoms with van der Waals surface area (Å²) in [7, 11) is 0. The lowest BCUT2D eigenvalue weighted by Crippen LogP contribution is -2.40. The molecule has 0 saturated carbocycles. The molecule has 1 heterocycles. The highest BCUT2D eigenvalue weighted by Gasteiger charge is 2.32. The lowest BCUT2D eigenvalue weighted by atomic mass is 9.94. The molecule has 2 heteroatoms. The molecule has 0 spiro atoms. The largest absolute Gasteiger partial charge is 0.352 e. The molecule has 0 aromatic heterocycles. The summed E-state index contributed by atoms with van der Waals surface area (Å²) in [6.45, 7) is 9.65. The van der Waals surface area contributed by atoms with E-state index < -0.39 is 0 Å². The summed E-state index contributed by atoms with van der Waals surface area (Å²) in [5.74, 6) is 0. The van der Waals surface area contributed by atoms with Crippen LogP contribution in [0.25, 0.3) is 0 Å². The zero-order valence-corrected chi connectivity index (χ0v) is 11.4. The first-order chi connectivity index (χ1) is 7.54. The SMILES string of the molecule is CCCCCC[C@H]1CCOC(C(C)(C)C)O1. The number of rotatable bonds is 5. The van der Waals surface area contributed by atoms with Gasteiger partial charge in [0.25, 0.3) is 0 Å². The van der Waals surface area contributed by atoms with Crippen molar-refractivity contribution in [2.24, 2.45) is 5.41 Å². The van der Waals surface area contributed by atoms with E-state index in [2.05, 4.69) is 27.7 Å². The summed E-state index contributed by atoms with van der Waals surface area (Å²) in [6.07, 6.45) is 7.99. The van der Waals surface area contributed by atoms with Gasteiger partial charge >= 0.3 is 0 Å². The molecule has 0 aromatic rings. The van der Waals surface area contributed by atoms with E-state index in [0.717, 1.165) is 13.0 Å². The van der Waals surface area contributed by atoms with Crippen molar-refractivity contribution in [3.05, 3.63) is 0 Å². The van der Waals surface area contributed by atoms with E-state index in [1.165, 1.54) is 32.1 Å². The van der Waals surface area contributed by atoms with Crippen molar-refractivity contribution in [3.8, 4) is 0 Å². The summed E-state index contributed by atoms with van der Waals surface area (Å²) >= 11 is 0. The van der Waals surface area contributed by atoms with Crippen LogP contribution in [-0.2, 0) is 9.47 Å². The predicted molar refractivity (Wildman–Crippen MR) is 67.4 cm³/mol. The smallest absolute Gasteiger partial charge is 0.162 e. The first kappa shape index (κ1) is 14.0. The van der Waals surface area contributed by atoms with Crippen LogP contribution in [0.4, 0.5) is 0 Å². The molecule has 0 bridgehead atoms. The molecule has 0 radical (unpaired) electrons. The van der Waals surface area contributed by atoms with Crippen LogP contribution in [-0.4, -0.2) is 19.0 Å². The molecule has 0 N–H and O–H groups in total. The summed E-state index contributed by atoms with van der Waals surface area (Å²) in [5, 5.41) is 0. The first-order valence-electron chi connectivity index (χ1n) is 6.81. The molecule has 96 valence electrons. The zero-order valence-electron chi connectivity index (χ0n) is 11.4. The number of ether oxygens (including phenoxy) is 2. The maximum absolute atomic E-state index is 6.01. The van der Waals surface area contributed by atoms with E-state index in [-0.39, 0.29) is 11.7 Å². The minimum atomic E-state index is -0.0163. The molecule has 1 unspecified atom stereocenters. The van der Waals surface area contributed by atoms with E-state index in [4.69, 9.17) is 9.47 Å². The van der Waals surface area contributed by atoms with Gasteiger partial charge in [-0.1, -0.05) is 53.4 Å². The third-order valence-electron chi connectivity index (χ3n) is 3.11. The first-order valence-corrected chi connectivity index (χ1v) is 6.81. The fourth-order valence-corrected chi connectivity index (χ4v) is 2.05. The Hall–Kier alpha value is -0.0800. The van der Waals surface area contributed by atoms with Crippen molar-refractivity contribution in [1.82, 2.24) is 0 Å². The Kier molecular flexibility index (Phi) is 5.77. The molecule has 1 saturated heterocycles. The van der Waals surface area contributed by atoms with E-state index in [1.807, 2.05) is 0 Å². The van der Waals surface area contributed by atoms with Crippen LogP contribution in [0.1, 0.15) is 66.2 Å². The van der Waals surface area contributed by atoms with Gasteiger partial charge in [-0.25, -0.2) is 0 Å². The number of hydrogen-bond acceptors (Lipinski definition) is 2. The summed E-state index contributed by atoms with van der Waals surface area (Å²) in [5.41, 5.74) is 0.0993. The Labute approximate surface area is 101 Å². The van der Waals surface area contributed by atoms with Crippen molar-refractivity contribution < 1.29 is 9.47 Å². The van der Waals surface area contributed by atoms with Crippen LogP contribution in [0.3, 0.4) is 0 Å². The van der Waals surface area contributed by atoms with Gasteiger partial charge in [0.1, 0.15) is 0 Å². The monoisotopic (exact) mass is 228 g/mol. The van der Waals surface area contributed by atoms with Crippen LogP contribution in [0.2, 0.25) is 0 Å². The topological polar surface area (TPSA) is 18.5 Å². The number of unbranched alkanes of at least 4 members (excludes halogenated alkanes) is 3. The van der Waals surface area contributed by atoms with Gasteiger partial charge in [0.2, 0.25) is 0 Å². The molecule has 0 aliphatic carbocycles. The van der Waals surface area contributed by atoms with E-state index in [9.17, 15) is 0 Å². The molecule has 1 rings (SSSR count). The summed E-state index contributed by atoms with van der Waals surface area (Å²) < 4.78 is 11.7. The number of hydrogen-bond donors (Lipinski definition) is 0. The average Bonchev–Trinajstić information content (AvgIpc) is 2.24. The van der Waals surface area contributed by atoms with Gasteiger partial charge in [-0.3, -0.25) is 0 Å². The molecule has 1 fully saturated rings. The summed E-state index contributed by atoms with van der Waals surface area (Å²) in [4.78, 5) is 0. The molecule has 0 aromatic carbocycles. The molecule has 0 amide bonds. The van der Waals surface area contributed by atoms with Crippen molar-refractivity contribution >= 4 is 0 Å². The average molecular weight is 228 g/mol. The van der Waals surface area contributed by atoms with Crippen LogP contribution in [0.15, 0.2) is 0 Å². The van der Waals surface area contributed by atoms with Gasteiger partial charge in [0.05, 0.1) is 12.7 Å². The fraction of sp³-hybridized carbons (Fsp3) is 1.00. The maximum atomic E-state index is 6.01. The Bertz CT molecular complexity index is 184. The Balaban J connectivity index is 2.23. The van der Waals surface area contributed by atoms with Gasteiger partial charge < -0.3 is 9.47 Å². The molecule has 1 aliphatic rings. The molecular formula is C14H28O2. The third kappa shape index (κ3) is 4.84. The highest BCUT2D eigenvalue weighted by Crippen LogP contribution is 2.29. The normalized spacial score (nSPS) is 27.0. The van der Waals surface area contributed by atoms with Crippen molar-refractivity contribution in [2.75, 3.05) is 6.61 Å². The van der Waals surface area contributed by atoms with Crippen LogP contribution < -0.4 is 0 Å². The Morgan fingerprint density at radius 2 is 1.88 bits per heavy atom. The van der Waals surface area contributed by atoms with Crippen LogP contribution in [0.5, 0.6) is 0 Å². The van der Waals surface area contributed by atoms with Gasteiger partial charge in [0, 0.05) is 5.41 Å². The molecule has 2 nitrogen and oxygen atoms in total. The van der Waals surface area contributed by atoms with Crippen molar-refractivity contribution in [3.63, 3.8) is 0 Å². The van der Waals surface area contributed by atoms with Crippen LogP contribution >= 0.6 is 0 Å². The van der Waals surface area contributed by atoms with E-state index in [1.54, 1.807) is 0 Å². The standard InChI is InChI=1S/C14H28O2/c1-5-6-7-8-9-12-10-11-15-13(16-12)14(2,3)4/h12-13H,5-11H2,1-4H3/t12-,13?/m0/s1. The Morgan fingerprint density at radius 3 is 2.50 bits per heavy atom. The van der Waals surface area contributed by atoms with E-state index >= 15 is 0 Å². The van der Waals surface area contributed by atoms with Gasteiger partial charge in [-0.2, -0.15) is 0 Å². The maximum Gasteiger partial charge on any atom is 0.162 e. The fourth-order valence-electron chi connectivity index (χ4n) is 2.05. The third-order valence-corrected chi connectivity index (χ3v) is 3.11. The van der Waals surface area contributed by atoms with Gasteiger partial charge in [0.15, 0.2) is 6.29 Å². The highest BCUT2D eigenvalue weighted by atomic mass is 16.7. The predicted octanol–water partition coefficient (Wildman–Crippen LogP) is 4.13. The zero-order chi connectivity index (χ0) is 12.0.